The van der Waals surface area contributed by atoms with Gasteiger partial charge in [0.15, 0.2) is 0 Å². The number of hydrogen-bond acceptors (Lipinski definition) is 5. The van der Waals surface area contributed by atoms with E-state index in [-0.39, 0.29) is 12.5 Å². The number of piperidine rings is 1. The van der Waals surface area contributed by atoms with Crippen LogP contribution in [-0.2, 0) is 16.0 Å². The lowest BCUT2D eigenvalue weighted by atomic mass is 9.88. The van der Waals surface area contributed by atoms with Gasteiger partial charge in [-0.3, -0.25) is 0 Å². The van der Waals surface area contributed by atoms with Crippen molar-refractivity contribution in [2.75, 3.05) is 13.1 Å². The van der Waals surface area contributed by atoms with Crippen LogP contribution in [0.15, 0.2) is 24.3 Å². The average molecular weight is 435 g/mol. The molecular weight excluding hydrogens is 400 g/mol. The fourth-order valence-corrected chi connectivity index (χ4v) is 3.37. The topological polar surface area (TPSA) is 96.4 Å². The van der Waals surface area contributed by atoms with Gasteiger partial charge in [0.25, 0.3) is 0 Å². The molecule has 0 atom stereocenters. The van der Waals surface area contributed by atoms with Gasteiger partial charge in [0, 0.05) is 13.1 Å². The number of carbonyl (C=O) groups is 3. The summed E-state index contributed by atoms with van der Waals surface area (Å²) in [6.07, 6.45) is -0.948. The number of rotatable bonds is 3. The molecule has 1 saturated heterocycles. The lowest BCUT2D eigenvalue weighted by Gasteiger charge is -2.31. The van der Waals surface area contributed by atoms with E-state index >= 15 is 0 Å². The fourth-order valence-electron chi connectivity index (χ4n) is 3.37. The molecule has 0 radical (unpaired) electrons. The molecule has 31 heavy (non-hydrogen) atoms. The molecule has 3 amide bonds. The second-order valence-electron chi connectivity index (χ2n) is 9.84. The Balaban J connectivity index is 2.18. The van der Waals surface area contributed by atoms with Crippen molar-refractivity contribution in [2.45, 2.75) is 78.0 Å². The van der Waals surface area contributed by atoms with E-state index in [1.165, 1.54) is 4.90 Å². The van der Waals surface area contributed by atoms with E-state index in [0.717, 1.165) is 28.9 Å². The van der Waals surface area contributed by atoms with Crippen molar-refractivity contribution >= 4 is 18.3 Å². The van der Waals surface area contributed by atoms with Gasteiger partial charge in [-0.2, -0.15) is 0 Å². The van der Waals surface area contributed by atoms with E-state index in [4.69, 9.17) is 14.6 Å². The van der Waals surface area contributed by atoms with Gasteiger partial charge in [0.05, 0.1) is 6.54 Å². The van der Waals surface area contributed by atoms with Crippen LogP contribution in [0.1, 0.15) is 71.4 Å². The molecule has 172 valence electrons. The zero-order chi connectivity index (χ0) is 23.4. The number of carboxylic acid groups (broad SMARTS) is 1. The summed E-state index contributed by atoms with van der Waals surface area (Å²) < 4.78 is 10.8. The van der Waals surface area contributed by atoms with Gasteiger partial charge in [0.2, 0.25) is 0 Å². The van der Waals surface area contributed by atoms with Crippen molar-refractivity contribution in [3.63, 3.8) is 0 Å². The maximum Gasteiger partial charge on any atom is 0.420 e. The van der Waals surface area contributed by atoms with Gasteiger partial charge in [-0.05, 0) is 71.4 Å². The number of ether oxygens (including phenoxy) is 2. The molecule has 0 aromatic heterocycles. The number of benzene rings is 1. The molecule has 1 aliphatic rings. The third-order valence-electron chi connectivity index (χ3n) is 4.76. The predicted octanol–water partition coefficient (Wildman–Crippen LogP) is 5.22. The van der Waals surface area contributed by atoms with E-state index in [1.807, 2.05) is 24.3 Å². The molecule has 0 unspecified atom stereocenters. The average Bonchev–Trinajstić information content (AvgIpc) is 2.63. The van der Waals surface area contributed by atoms with Crippen molar-refractivity contribution in [3.05, 3.63) is 35.4 Å². The standard InChI is InChI=1S/C23H34N2O6/c1-22(2,3)30-20(28)25(21(29)31-23(4,5)6)15-16-8-7-9-18(14-16)17-10-12-24(13-11-17)19(26)27/h7-9,14,17H,10-13,15H2,1-6H3,(H,26,27). The maximum absolute atomic E-state index is 12.7. The van der Waals surface area contributed by atoms with Crippen molar-refractivity contribution in [3.8, 4) is 0 Å². The highest BCUT2D eigenvalue weighted by atomic mass is 16.6. The summed E-state index contributed by atoms with van der Waals surface area (Å²) in [6.45, 7) is 11.4. The number of amides is 3. The molecule has 0 bridgehead atoms. The van der Waals surface area contributed by atoms with E-state index < -0.39 is 29.5 Å². The molecule has 1 aromatic carbocycles. The Morgan fingerprint density at radius 1 is 1.00 bits per heavy atom. The molecule has 1 N–H and O–H groups in total. The molecule has 2 rings (SSSR count). The minimum absolute atomic E-state index is 0.0195. The molecule has 1 heterocycles. The van der Waals surface area contributed by atoms with Crippen LogP contribution < -0.4 is 0 Å². The van der Waals surface area contributed by atoms with Crippen LogP contribution in [0.4, 0.5) is 14.4 Å². The van der Waals surface area contributed by atoms with Gasteiger partial charge in [-0.25, -0.2) is 19.3 Å². The van der Waals surface area contributed by atoms with E-state index in [1.54, 1.807) is 41.5 Å². The molecule has 1 fully saturated rings. The van der Waals surface area contributed by atoms with Crippen LogP contribution in [0, 0.1) is 0 Å². The van der Waals surface area contributed by atoms with Gasteiger partial charge < -0.3 is 19.5 Å². The van der Waals surface area contributed by atoms with Crippen LogP contribution in [0.2, 0.25) is 0 Å². The maximum atomic E-state index is 12.7. The molecule has 0 aliphatic carbocycles. The van der Waals surface area contributed by atoms with Gasteiger partial charge in [0.1, 0.15) is 11.2 Å². The number of likely N-dealkylation sites (tertiary alicyclic amines) is 1. The Bertz CT molecular complexity index is 773. The zero-order valence-corrected chi connectivity index (χ0v) is 19.3. The molecule has 0 spiro atoms. The summed E-state index contributed by atoms with van der Waals surface area (Å²) in [5.41, 5.74) is 0.333. The Kier molecular flexibility index (Phi) is 7.57. The van der Waals surface area contributed by atoms with Crippen molar-refractivity contribution in [2.24, 2.45) is 0 Å². The van der Waals surface area contributed by atoms with Crippen LogP contribution in [0.3, 0.4) is 0 Å². The number of imide groups is 1. The van der Waals surface area contributed by atoms with Crippen molar-refractivity contribution in [1.29, 1.82) is 0 Å². The molecular formula is C23H34N2O6. The number of carbonyl (C=O) groups excluding carboxylic acids is 2. The van der Waals surface area contributed by atoms with Crippen LogP contribution in [-0.4, -0.2) is 57.5 Å². The molecule has 0 saturated carbocycles. The monoisotopic (exact) mass is 434 g/mol. The number of hydrogen-bond donors (Lipinski definition) is 1. The van der Waals surface area contributed by atoms with Crippen molar-refractivity contribution < 1.29 is 29.0 Å². The number of nitrogens with zero attached hydrogens (tertiary/aromatic N) is 2. The van der Waals surface area contributed by atoms with Gasteiger partial charge in [-0.1, -0.05) is 24.3 Å². The lowest BCUT2D eigenvalue weighted by molar-refractivity contribution is -0.000265. The third kappa shape index (κ3) is 7.77. The molecule has 1 aliphatic heterocycles. The lowest BCUT2D eigenvalue weighted by Crippen LogP contribution is -2.43. The van der Waals surface area contributed by atoms with E-state index in [9.17, 15) is 14.4 Å². The summed E-state index contributed by atoms with van der Waals surface area (Å²) >= 11 is 0. The van der Waals surface area contributed by atoms with Gasteiger partial charge in [-0.15, -0.1) is 0 Å². The Labute approximate surface area is 184 Å². The van der Waals surface area contributed by atoms with Gasteiger partial charge >= 0.3 is 18.3 Å². The van der Waals surface area contributed by atoms with Crippen LogP contribution in [0.5, 0.6) is 0 Å². The summed E-state index contributed by atoms with van der Waals surface area (Å²) in [7, 11) is 0. The van der Waals surface area contributed by atoms with Crippen LogP contribution in [0.25, 0.3) is 0 Å². The first-order chi connectivity index (χ1) is 14.2. The second-order valence-corrected chi connectivity index (χ2v) is 9.84. The zero-order valence-electron chi connectivity index (χ0n) is 19.3. The third-order valence-corrected chi connectivity index (χ3v) is 4.76. The Morgan fingerprint density at radius 3 is 1.97 bits per heavy atom. The fraction of sp³-hybridized carbons (Fsp3) is 0.609. The first-order valence-electron chi connectivity index (χ1n) is 10.6. The Hall–Kier alpha value is -2.77. The van der Waals surface area contributed by atoms with Crippen LogP contribution >= 0.6 is 0 Å². The quantitative estimate of drug-likeness (QED) is 0.701. The summed E-state index contributed by atoms with van der Waals surface area (Å²) in [5, 5.41) is 9.14. The summed E-state index contributed by atoms with van der Waals surface area (Å²) in [5.74, 6) is 0.229. The van der Waals surface area contributed by atoms with E-state index in [2.05, 4.69) is 0 Å². The predicted molar refractivity (Wildman–Crippen MR) is 116 cm³/mol. The highest BCUT2D eigenvalue weighted by Crippen LogP contribution is 2.29. The highest BCUT2D eigenvalue weighted by Gasteiger charge is 2.31. The molecule has 8 nitrogen and oxygen atoms in total. The second kappa shape index (κ2) is 9.58. The molecule has 1 aromatic rings. The smallest absolute Gasteiger partial charge is 0.420 e. The minimum Gasteiger partial charge on any atom is -0.465 e. The minimum atomic E-state index is -0.891. The highest BCUT2D eigenvalue weighted by molar-refractivity contribution is 5.88. The summed E-state index contributed by atoms with van der Waals surface area (Å²) in [6, 6.07) is 7.69. The largest absolute Gasteiger partial charge is 0.465 e. The van der Waals surface area contributed by atoms with E-state index in [0.29, 0.717) is 13.1 Å². The molecule has 8 heteroatoms. The normalized spacial score (nSPS) is 15.4. The first kappa shape index (κ1) is 24.5. The Morgan fingerprint density at radius 2 is 1.52 bits per heavy atom. The first-order valence-corrected chi connectivity index (χ1v) is 10.6. The summed E-state index contributed by atoms with van der Waals surface area (Å²) in [4.78, 5) is 39.0. The SMILES string of the molecule is CC(C)(C)OC(=O)N(Cc1cccc(C2CCN(C(=O)O)CC2)c1)C(=O)OC(C)(C)C. The van der Waals surface area contributed by atoms with Crippen molar-refractivity contribution in [1.82, 2.24) is 9.80 Å².